The summed E-state index contributed by atoms with van der Waals surface area (Å²) in [7, 11) is 0. The minimum atomic E-state index is -0.828. The minimum absolute atomic E-state index is 0.0418. The lowest BCUT2D eigenvalue weighted by Crippen LogP contribution is -2.27. The molecule has 0 saturated heterocycles. The Bertz CT molecular complexity index is 149. The minimum Gasteiger partial charge on any atom is -0.433 e. The summed E-state index contributed by atoms with van der Waals surface area (Å²) in [4.78, 5) is 10.6. The molecule has 0 amide bonds. The zero-order valence-electron chi connectivity index (χ0n) is 8.14. The third kappa shape index (κ3) is 7.93. The van der Waals surface area contributed by atoms with Crippen molar-refractivity contribution in [2.24, 2.45) is 0 Å². The van der Waals surface area contributed by atoms with Crippen LogP contribution in [0.5, 0.6) is 0 Å². The van der Waals surface area contributed by atoms with E-state index in [0.29, 0.717) is 0 Å². The number of carbonyl (C=O) groups excluding carboxylic acids is 1. The Kier molecular flexibility index (Phi) is 8.45. The summed E-state index contributed by atoms with van der Waals surface area (Å²) in [5.41, 5.74) is 0. The van der Waals surface area contributed by atoms with Gasteiger partial charge in [-0.25, -0.2) is 0 Å². The molecule has 14 heavy (non-hydrogen) atoms. The molecular weight excluding hydrogens is 192 g/mol. The second-order valence-electron chi connectivity index (χ2n) is 2.43. The number of esters is 1. The first-order valence-corrected chi connectivity index (χ1v) is 4.29. The molecule has 84 valence electrons. The first kappa shape index (κ1) is 13.3. The van der Waals surface area contributed by atoms with Crippen LogP contribution in [0.1, 0.15) is 6.92 Å². The van der Waals surface area contributed by atoms with E-state index >= 15 is 0 Å². The van der Waals surface area contributed by atoms with Crippen molar-refractivity contribution in [3.63, 3.8) is 0 Å². The highest BCUT2D eigenvalue weighted by molar-refractivity contribution is 5.66. The van der Waals surface area contributed by atoms with Crippen LogP contribution in [0.3, 0.4) is 0 Å². The predicted octanol–water partition coefficient (Wildman–Crippen LogP) is -1.11. The smallest absolute Gasteiger partial charge is 0.305 e. The highest BCUT2D eigenvalue weighted by Gasteiger charge is 2.11. The lowest BCUT2D eigenvalue weighted by molar-refractivity contribution is -0.191. The molecule has 0 aromatic heterocycles. The van der Waals surface area contributed by atoms with E-state index in [1.807, 2.05) is 0 Å². The SMILES string of the molecule is CC(=O)OC(COCCO)OCCO. The average Bonchev–Trinajstić information content (AvgIpc) is 2.13. The van der Waals surface area contributed by atoms with E-state index in [1.165, 1.54) is 6.92 Å². The van der Waals surface area contributed by atoms with Gasteiger partial charge in [-0.2, -0.15) is 0 Å². The Balaban J connectivity index is 3.66. The highest BCUT2D eigenvalue weighted by atomic mass is 16.7. The van der Waals surface area contributed by atoms with E-state index in [-0.39, 0.29) is 33.0 Å². The van der Waals surface area contributed by atoms with Crippen LogP contribution in [0, 0.1) is 0 Å². The van der Waals surface area contributed by atoms with Crippen LogP contribution >= 0.6 is 0 Å². The van der Waals surface area contributed by atoms with Gasteiger partial charge in [0.15, 0.2) is 0 Å². The van der Waals surface area contributed by atoms with E-state index in [1.54, 1.807) is 0 Å². The van der Waals surface area contributed by atoms with Crippen molar-refractivity contribution in [1.82, 2.24) is 0 Å². The number of carbonyl (C=O) groups is 1. The standard InChI is InChI=1S/C8H16O6/c1-7(11)14-8(13-5-3-10)6-12-4-2-9/h8-10H,2-6H2,1H3. The van der Waals surface area contributed by atoms with E-state index in [9.17, 15) is 4.79 Å². The molecule has 0 aliphatic carbocycles. The van der Waals surface area contributed by atoms with Crippen molar-refractivity contribution in [3.8, 4) is 0 Å². The normalized spacial score (nSPS) is 12.5. The molecule has 0 bridgehead atoms. The van der Waals surface area contributed by atoms with Gasteiger partial charge in [-0.3, -0.25) is 4.79 Å². The largest absolute Gasteiger partial charge is 0.433 e. The maximum atomic E-state index is 10.6. The fourth-order valence-electron chi connectivity index (χ4n) is 0.730. The first-order valence-electron chi connectivity index (χ1n) is 4.29. The summed E-state index contributed by atoms with van der Waals surface area (Å²) in [6.45, 7) is 1.26. The predicted molar refractivity (Wildman–Crippen MR) is 46.5 cm³/mol. The zero-order valence-corrected chi connectivity index (χ0v) is 8.14. The lowest BCUT2D eigenvalue weighted by Gasteiger charge is -2.16. The molecular formula is C8H16O6. The average molecular weight is 208 g/mol. The molecule has 6 nitrogen and oxygen atoms in total. The molecule has 0 aromatic rings. The number of hydrogen-bond acceptors (Lipinski definition) is 6. The van der Waals surface area contributed by atoms with E-state index in [0.717, 1.165) is 0 Å². The highest BCUT2D eigenvalue weighted by Crippen LogP contribution is 1.96. The fourth-order valence-corrected chi connectivity index (χ4v) is 0.730. The Hall–Kier alpha value is -0.690. The fraction of sp³-hybridized carbons (Fsp3) is 0.875. The molecule has 0 spiro atoms. The molecule has 0 aliphatic heterocycles. The summed E-state index contributed by atoms with van der Waals surface area (Å²) in [6, 6.07) is 0. The zero-order chi connectivity index (χ0) is 10.8. The quantitative estimate of drug-likeness (QED) is 0.299. The second-order valence-corrected chi connectivity index (χ2v) is 2.43. The van der Waals surface area contributed by atoms with Gasteiger partial charge in [-0.15, -0.1) is 0 Å². The molecule has 0 aromatic carbocycles. The van der Waals surface area contributed by atoms with Crippen LogP contribution in [0.15, 0.2) is 0 Å². The molecule has 1 unspecified atom stereocenters. The Morgan fingerprint density at radius 1 is 1.29 bits per heavy atom. The molecule has 0 heterocycles. The van der Waals surface area contributed by atoms with Gasteiger partial charge in [0.25, 0.3) is 0 Å². The van der Waals surface area contributed by atoms with Crippen LogP contribution in [0.2, 0.25) is 0 Å². The van der Waals surface area contributed by atoms with Gasteiger partial charge >= 0.3 is 5.97 Å². The molecule has 1 atom stereocenters. The molecule has 0 saturated carbocycles. The topological polar surface area (TPSA) is 85.2 Å². The van der Waals surface area contributed by atoms with Crippen LogP contribution in [0.25, 0.3) is 0 Å². The van der Waals surface area contributed by atoms with Crippen molar-refractivity contribution in [1.29, 1.82) is 0 Å². The van der Waals surface area contributed by atoms with Crippen molar-refractivity contribution in [2.75, 3.05) is 33.0 Å². The number of aliphatic hydroxyl groups is 2. The Morgan fingerprint density at radius 2 is 1.93 bits per heavy atom. The van der Waals surface area contributed by atoms with Crippen LogP contribution in [0.4, 0.5) is 0 Å². The van der Waals surface area contributed by atoms with Gasteiger partial charge in [-0.05, 0) is 0 Å². The van der Waals surface area contributed by atoms with Gasteiger partial charge in [0.05, 0.1) is 26.4 Å². The molecule has 2 N–H and O–H groups in total. The van der Waals surface area contributed by atoms with Crippen LogP contribution < -0.4 is 0 Å². The molecule has 0 radical (unpaired) electrons. The summed E-state index contributed by atoms with van der Waals surface area (Å²) < 4.78 is 14.6. The van der Waals surface area contributed by atoms with Crippen LogP contribution in [-0.4, -0.2) is 55.5 Å². The molecule has 0 aliphatic rings. The first-order chi connectivity index (χ1) is 6.70. The second kappa shape index (κ2) is 8.89. The van der Waals surface area contributed by atoms with Gasteiger partial charge in [0.1, 0.15) is 6.61 Å². The van der Waals surface area contributed by atoms with Gasteiger partial charge in [-0.1, -0.05) is 0 Å². The molecule has 0 fully saturated rings. The summed E-state index contributed by atoms with van der Waals surface area (Å²) in [5, 5.41) is 16.9. The van der Waals surface area contributed by atoms with Crippen molar-refractivity contribution in [2.45, 2.75) is 13.2 Å². The summed E-state index contributed by atoms with van der Waals surface area (Å²) in [6.07, 6.45) is -0.828. The third-order valence-electron chi connectivity index (χ3n) is 1.18. The maximum absolute atomic E-state index is 10.6. The number of ether oxygens (including phenoxy) is 3. The lowest BCUT2D eigenvalue weighted by atomic mass is 10.6. The van der Waals surface area contributed by atoms with E-state index in [4.69, 9.17) is 24.4 Å². The third-order valence-corrected chi connectivity index (χ3v) is 1.18. The van der Waals surface area contributed by atoms with E-state index in [2.05, 4.69) is 0 Å². The number of hydrogen-bond donors (Lipinski definition) is 2. The van der Waals surface area contributed by atoms with Crippen molar-refractivity contribution >= 4 is 5.97 Å². The molecule has 6 heteroatoms. The van der Waals surface area contributed by atoms with Crippen molar-refractivity contribution < 1.29 is 29.2 Å². The molecule has 0 rings (SSSR count). The number of rotatable bonds is 8. The van der Waals surface area contributed by atoms with E-state index < -0.39 is 12.3 Å². The van der Waals surface area contributed by atoms with Crippen LogP contribution in [-0.2, 0) is 19.0 Å². The summed E-state index contributed by atoms with van der Waals surface area (Å²) >= 11 is 0. The van der Waals surface area contributed by atoms with Gasteiger partial charge in [0, 0.05) is 6.92 Å². The Morgan fingerprint density at radius 3 is 2.43 bits per heavy atom. The van der Waals surface area contributed by atoms with Gasteiger partial charge < -0.3 is 24.4 Å². The maximum Gasteiger partial charge on any atom is 0.305 e. The van der Waals surface area contributed by atoms with Crippen molar-refractivity contribution in [3.05, 3.63) is 0 Å². The monoisotopic (exact) mass is 208 g/mol. The Labute approximate surface area is 82.4 Å². The van der Waals surface area contributed by atoms with Gasteiger partial charge in [0.2, 0.25) is 6.29 Å². The summed E-state index contributed by atoms with van der Waals surface area (Å²) in [5.74, 6) is -0.486. The number of aliphatic hydroxyl groups excluding tert-OH is 2.